The lowest BCUT2D eigenvalue weighted by atomic mass is 9.94. The number of rotatable bonds is 10. The molecule has 2 aliphatic heterocycles. The molecule has 0 spiro atoms. The molecular weight excluding hydrogens is 464 g/mol. The lowest BCUT2D eigenvalue weighted by Gasteiger charge is -2.30. The highest BCUT2D eigenvalue weighted by molar-refractivity contribution is 6.02. The van der Waals surface area contributed by atoms with Crippen LogP contribution in [0.1, 0.15) is 64.3 Å². The number of unbranched alkanes of at least 4 members (excludes halogenated alkanes) is 1. The molecule has 1 N–H and O–H groups in total. The summed E-state index contributed by atoms with van der Waals surface area (Å²) in [5, 5.41) is 10.1. The van der Waals surface area contributed by atoms with E-state index < -0.39 is 6.09 Å². The van der Waals surface area contributed by atoms with Crippen molar-refractivity contribution >= 4 is 23.5 Å². The third kappa shape index (κ3) is 5.43. The minimum atomic E-state index is -0.951. The van der Waals surface area contributed by atoms with Crippen molar-refractivity contribution in [3.05, 3.63) is 101 Å². The van der Waals surface area contributed by atoms with Gasteiger partial charge in [-0.15, -0.1) is 0 Å². The molecule has 190 valence electrons. The highest BCUT2D eigenvalue weighted by Gasteiger charge is 2.32. The van der Waals surface area contributed by atoms with E-state index in [9.17, 15) is 19.5 Å². The maximum Gasteiger partial charge on any atom is 0.407 e. The zero-order valence-electron chi connectivity index (χ0n) is 20.9. The monoisotopic (exact) mass is 496 g/mol. The summed E-state index contributed by atoms with van der Waals surface area (Å²) < 4.78 is 0. The summed E-state index contributed by atoms with van der Waals surface area (Å²) in [6.07, 6.45) is 3.23. The molecular formula is C31H32N2O4. The Bertz CT molecular complexity index is 1290. The van der Waals surface area contributed by atoms with Crippen LogP contribution in [-0.4, -0.2) is 40.9 Å². The highest BCUT2D eigenvalue weighted by atomic mass is 16.4. The van der Waals surface area contributed by atoms with Gasteiger partial charge in [-0.05, 0) is 66.5 Å². The van der Waals surface area contributed by atoms with Crippen LogP contribution in [0.3, 0.4) is 0 Å². The van der Waals surface area contributed by atoms with Crippen molar-refractivity contribution in [2.24, 2.45) is 0 Å². The van der Waals surface area contributed by atoms with E-state index in [4.69, 9.17) is 0 Å². The number of anilines is 1. The minimum absolute atomic E-state index is 0.0835. The fourth-order valence-electron chi connectivity index (χ4n) is 5.64. The standard InChI is InChI=1S/C31H32N2O4/c34-28(26-20-24-14-15-29(35)33-18-16-25(21-26)30(24)33)13-7-8-17-32(31(36)37)27(23-11-5-2-6-12-23)19-22-9-3-1-4-10-22/h1-6,9-12,20-21,27H,7-8,13-19H2,(H,36,37). The molecule has 0 aromatic heterocycles. The van der Waals surface area contributed by atoms with Gasteiger partial charge < -0.3 is 14.9 Å². The van der Waals surface area contributed by atoms with E-state index in [1.54, 1.807) is 0 Å². The van der Waals surface area contributed by atoms with E-state index in [-0.39, 0.29) is 17.7 Å². The Kier molecular flexibility index (Phi) is 7.35. The third-order valence-electron chi connectivity index (χ3n) is 7.50. The summed E-state index contributed by atoms with van der Waals surface area (Å²) in [7, 11) is 0. The van der Waals surface area contributed by atoms with Crippen molar-refractivity contribution in [1.82, 2.24) is 4.90 Å². The molecule has 1 unspecified atom stereocenters. The Morgan fingerprint density at radius 3 is 2.27 bits per heavy atom. The number of Topliss-reactive ketones (excluding diaryl/α,β-unsaturated/α-hetero) is 1. The van der Waals surface area contributed by atoms with Gasteiger partial charge in [0.1, 0.15) is 0 Å². The lowest BCUT2D eigenvalue weighted by molar-refractivity contribution is -0.118. The molecule has 1 atom stereocenters. The number of hydrogen-bond acceptors (Lipinski definition) is 3. The summed E-state index contributed by atoms with van der Waals surface area (Å²) >= 11 is 0. The molecule has 0 saturated heterocycles. The molecule has 2 aliphatic rings. The molecule has 5 rings (SSSR count). The molecule has 3 aromatic rings. The van der Waals surface area contributed by atoms with Gasteiger partial charge in [-0.25, -0.2) is 4.79 Å². The van der Waals surface area contributed by atoms with Crippen molar-refractivity contribution < 1.29 is 19.5 Å². The van der Waals surface area contributed by atoms with Gasteiger partial charge in [0.25, 0.3) is 0 Å². The fourth-order valence-corrected chi connectivity index (χ4v) is 5.64. The molecule has 37 heavy (non-hydrogen) atoms. The number of carbonyl (C=O) groups excluding carboxylic acids is 2. The molecule has 0 saturated carbocycles. The Morgan fingerprint density at radius 1 is 0.892 bits per heavy atom. The molecule has 2 amide bonds. The van der Waals surface area contributed by atoms with Crippen LogP contribution in [0, 0.1) is 0 Å². The van der Waals surface area contributed by atoms with Crippen LogP contribution in [0.4, 0.5) is 10.5 Å². The third-order valence-corrected chi connectivity index (χ3v) is 7.50. The number of benzene rings is 3. The molecule has 0 aliphatic carbocycles. The Hall–Kier alpha value is -3.93. The van der Waals surface area contributed by atoms with Crippen LogP contribution in [0.25, 0.3) is 0 Å². The van der Waals surface area contributed by atoms with Gasteiger partial charge in [-0.2, -0.15) is 0 Å². The number of nitrogens with zero attached hydrogens (tertiary/aromatic N) is 2. The first-order valence-electron chi connectivity index (χ1n) is 13.1. The second-order valence-electron chi connectivity index (χ2n) is 9.91. The van der Waals surface area contributed by atoms with Gasteiger partial charge in [-0.3, -0.25) is 9.59 Å². The minimum Gasteiger partial charge on any atom is -0.465 e. The van der Waals surface area contributed by atoms with Crippen molar-refractivity contribution in [3.63, 3.8) is 0 Å². The van der Waals surface area contributed by atoms with E-state index in [1.165, 1.54) is 4.90 Å². The fraction of sp³-hybridized carbons (Fsp3) is 0.323. The number of carbonyl (C=O) groups is 3. The van der Waals surface area contributed by atoms with Crippen LogP contribution < -0.4 is 4.90 Å². The molecule has 0 radical (unpaired) electrons. The van der Waals surface area contributed by atoms with Gasteiger partial charge in [0, 0.05) is 31.5 Å². The van der Waals surface area contributed by atoms with E-state index in [0.717, 1.165) is 34.4 Å². The smallest absolute Gasteiger partial charge is 0.407 e. The van der Waals surface area contributed by atoms with Gasteiger partial charge in [0.15, 0.2) is 5.78 Å². The van der Waals surface area contributed by atoms with Crippen LogP contribution in [0.15, 0.2) is 72.8 Å². The first-order valence-corrected chi connectivity index (χ1v) is 13.1. The number of hydrogen-bond donors (Lipinski definition) is 1. The van der Waals surface area contributed by atoms with Gasteiger partial charge in [-0.1, -0.05) is 60.7 Å². The number of amides is 2. The number of carboxylic acid groups (broad SMARTS) is 1. The van der Waals surface area contributed by atoms with Crippen LogP contribution in [0.5, 0.6) is 0 Å². The van der Waals surface area contributed by atoms with Gasteiger partial charge >= 0.3 is 6.09 Å². The highest BCUT2D eigenvalue weighted by Crippen LogP contribution is 2.37. The Morgan fingerprint density at radius 2 is 1.57 bits per heavy atom. The van der Waals surface area contributed by atoms with E-state index >= 15 is 0 Å². The largest absolute Gasteiger partial charge is 0.465 e. The second kappa shape index (κ2) is 11.0. The molecule has 6 heteroatoms. The van der Waals surface area contributed by atoms with E-state index in [0.29, 0.717) is 57.2 Å². The van der Waals surface area contributed by atoms with Crippen molar-refractivity contribution in [1.29, 1.82) is 0 Å². The summed E-state index contributed by atoms with van der Waals surface area (Å²) in [6.45, 7) is 1.07. The predicted octanol–water partition coefficient (Wildman–Crippen LogP) is 5.84. The Labute approximate surface area is 217 Å². The average molecular weight is 497 g/mol. The first-order chi connectivity index (χ1) is 18.0. The summed E-state index contributed by atoms with van der Waals surface area (Å²) in [6, 6.07) is 23.3. The lowest BCUT2D eigenvalue weighted by Crippen LogP contribution is -2.35. The maximum absolute atomic E-state index is 13.0. The molecule has 3 aromatic carbocycles. The quantitative estimate of drug-likeness (QED) is 0.283. The summed E-state index contributed by atoms with van der Waals surface area (Å²) in [5.74, 6) is 0.259. The zero-order valence-corrected chi connectivity index (χ0v) is 20.9. The van der Waals surface area contributed by atoms with E-state index in [1.807, 2.05) is 77.7 Å². The number of aryl methyl sites for hydroxylation is 1. The van der Waals surface area contributed by atoms with Gasteiger partial charge in [0.05, 0.1) is 11.7 Å². The van der Waals surface area contributed by atoms with Crippen LogP contribution in [-0.2, 0) is 24.1 Å². The molecule has 0 fully saturated rings. The molecule has 0 bridgehead atoms. The zero-order chi connectivity index (χ0) is 25.8. The van der Waals surface area contributed by atoms with Crippen molar-refractivity contribution in [2.45, 2.75) is 51.0 Å². The topological polar surface area (TPSA) is 77.9 Å². The summed E-state index contributed by atoms with van der Waals surface area (Å²) in [4.78, 5) is 40.9. The predicted molar refractivity (Wildman–Crippen MR) is 143 cm³/mol. The summed E-state index contributed by atoms with van der Waals surface area (Å²) in [5.41, 5.74) is 5.98. The van der Waals surface area contributed by atoms with Crippen LogP contribution >= 0.6 is 0 Å². The van der Waals surface area contributed by atoms with Gasteiger partial charge in [0.2, 0.25) is 5.91 Å². The SMILES string of the molecule is O=C(CCCCN(C(=O)O)C(Cc1ccccc1)c1ccccc1)c1cc2c3c(c1)CCN3C(=O)CC2. The Balaban J connectivity index is 1.23. The van der Waals surface area contributed by atoms with Crippen molar-refractivity contribution in [2.75, 3.05) is 18.0 Å². The molecule has 2 heterocycles. The van der Waals surface area contributed by atoms with Crippen molar-refractivity contribution in [3.8, 4) is 0 Å². The maximum atomic E-state index is 13.0. The first kappa shape index (κ1) is 24.8. The normalized spacial score (nSPS) is 14.8. The van der Waals surface area contributed by atoms with Crippen LogP contribution in [0.2, 0.25) is 0 Å². The molecule has 6 nitrogen and oxygen atoms in total. The number of ketones is 1. The van der Waals surface area contributed by atoms with E-state index in [2.05, 4.69) is 0 Å². The second-order valence-corrected chi connectivity index (χ2v) is 9.91. The average Bonchev–Trinajstić information content (AvgIpc) is 3.36.